The number of rotatable bonds is 8. The number of carbonyl (C=O) groups excluding carboxylic acids is 1. The summed E-state index contributed by atoms with van der Waals surface area (Å²) in [4.78, 5) is 25.0. The molecule has 1 aliphatic heterocycles. The fourth-order valence-electron chi connectivity index (χ4n) is 3.20. The van der Waals surface area contributed by atoms with Gasteiger partial charge in [0.2, 0.25) is 5.91 Å². The van der Waals surface area contributed by atoms with Gasteiger partial charge in [0.15, 0.2) is 0 Å². The van der Waals surface area contributed by atoms with Crippen molar-refractivity contribution >= 4 is 11.9 Å². The minimum Gasteiger partial charge on any atom is -0.481 e. The van der Waals surface area contributed by atoms with E-state index in [1.807, 2.05) is 4.90 Å². The van der Waals surface area contributed by atoms with E-state index in [1.165, 1.54) is 0 Å². The molecule has 0 spiro atoms. The molecule has 1 saturated heterocycles. The average Bonchev–Trinajstić information content (AvgIpc) is 2.42. The molecule has 0 aliphatic carbocycles. The van der Waals surface area contributed by atoms with E-state index in [-0.39, 0.29) is 18.2 Å². The van der Waals surface area contributed by atoms with Crippen molar-refractivity contribution in [3.8, 4) is 0 Å². The first-order chi connectivity index (χ1) is 9.93. The zero-order valence-electron chi connectivity index (χ0n) is 13.4. The zero-order chi connectivity index (χ0) is 15.8. The van der Waals surface area contributed by atoms with Crippen LogP contribution in [0.5, 0.6) is 0 Å². The Bertz CT molecular complexity index is 344. The van der Waals surface area contributed by atoms with E-state index in [1.54, 1.807) is 0 Å². The Morgan fingerprint density at radius 3 is 2.62 bits per heavy atom. The third-order valence-electron chi connectivity index (χ3n) is 4.54. The van der Waals surface area contributed by atoms with Gasteiger partial charge < -0.3 is 15.7 Å². The lowest BCUT2D eigenvalue weighted by molar-refractivity contribution is -0.140. The molecule has 5 heteroatoms. The summed E-state index contributed by atoms with van der Waals surface area (Å²) in [5.74, 6) is 0.566. The largest absolute Gasteiger partial charge is 0.481 e. The SMILES string of the molecule is CC(C)C(CCN)CCC(=O)N1CCCC(CC(=O)O)C1. The van der Waals surface area contributed by atoms with Crippen LogP contribution in [-0.2, 0) is 9.59 Å². The minimum absolute atomic E-state index is 0.116. The highest BCUT2D eigenvalue weighted by Crippen LogP contribution is 2.23. The van der Waals surface area contributed by atoms with Crippen molar-refractivity contribution in [2.75, 3.05) is 19.6 Å². The quantitative estimate of drug-likeness (QED) is 0.719. The van der Waals surface area contributed by atoms with Crippen LogP contribution in [0.3, 0.4) is 0 Å². The number of nitrogens with zero attached hydrogens (tertiary/aromatic N) is 1. The normalized spacial score (nSPS) is 20.6. The van der Waals surface area contributed by atoms with Crippen molar-refractivity contribution in [1.29, 1.82) is 0 Å². The second-order valence-electron chi connectivity index (χ2n) is 6.57. The molecule has 0 radical (unpaired) electrons. The lowest BCUT2D eigenvalue weighted by Gasteiger charge is -2.32. The van der Waals surface area contributed by atoms with Crippen molar-refractivity contribution in [3.63, 3.8) is 0 Å². The number of piperidine rings is 1. The second kappa shape index (κ2) is 9.03. The zero-order valence-corrected chi connectivity index (χ0v) is 13.4. The summed E-state index contributed by atoms with van der Waals surface area (Å²) >= 11 is 0. The van der Waals surface area contributed by atoms with Crippen LogP contribution >= 0.6 is 0 Å². The summed E-state index contributed by atoms with van der Waals surface area (Å²) < 4.78 is 0. The molecule has 5 nitrogen and oxygen atoms in total. The number of hydrogen-bond donors (Lipinski definition) is 2. The number of hydrogen-bond acceptors (Lipinski definition) is 3. The van der Waals surface area contributed by atoms with E-state index < -0.39 is 5.97 Å². The molecule has 1 fully saturated rings. The maximum atomic E-state index is 12.3. The molecule has 0 aromatic rings. The van der Waals surface area contributed by atoms with Gasteiger partial charge in [-0.05, 0) is 50.0 Å². The number of likely N-dealkylation sites (tertiary alicyclic amines) is 1. The van der Waals surface area contributed by atoms with Crippen molar-refractivity contribution in [2.24, 2.45) is 23.5 Å². The molecular weight excluding hydrogens is 268 g/mol. The van der Waals surface area contributed by atoms with Gasteiger partial charge in [-0.25, -0.2) is 0 Å². The Morgan fingerprint density at radius 1 is 1.33 bits per heavy atom. The molecule has 0 aromatic heterocycles. The predicted molar refractivity (Wildman–Crippen MR) is 82.8 cm³/mol. The van der Waals surface area contributed by atoms with Crippen LogP contribution in [0.1, 0.15) is 52.4 Å². The molecule has 0 bridgehead atoms. The molecular formula is C16H30N2O3. The van der Waals surface area contributed by atoms with Crippen LogP contribution in [-0.4, -0.2) is 41.5 Å². The van der Waals surface area contributed by atoms with Crippen molar-refractivity contribution in [1.82, 2.24) is 4.90 Å². The van der Waals surface area contributed by atoms with Gasteiger partial charge >= 0.3 is 5.97 Å². The van der Waals surface area contributed by atoms with Crippen molar-refractivity contribution in [3.05, 3.63) is 0 Å². The Labute approximate surface area is 127 Å². The van der Waals surface area contributed by atoms with Gasteiger partial charge in [0.1, 0.15) is 0 Å². The monoisotopic (exact) mass is 298 g/mol. The van der Waals surface area contributed by atoms with Crippen LogP contribution in [0.4, 0.5) is 0 Å². The number of amides is 1. The summed E-state index contributed by atoms with van der Waals surface area (Å²) in [6, 6.07) is 0. The molecule has 1 aliphatic rings. The van der Waals surface area contributed by atoms with Crippen LogP contribution in [0.25, 0.3) is 0 Å². The average molecular weight is 298 g/mol. The van der Waals surface area contributed by atoms with Gasteiger partial charge in [0, 0.05) is 25.9 Å². The van der Waals surface area contributed by atoms with Gasteiger partial charge in [-0.3, -0.25) is 9.59 Å². The van der Waals surface area contributed by atoms with E-state index in [0.29, 0.717) is 31.3 Å². The third kappa shape index (κ3) is 6.46. The number of carbonyl (C=O) groups is 2. The summed E-state index contributed by atoms with van der Waals surface area (Å²) in [5, 5.41) is 8.87. The first-order valence-electron chi connectivity index (χ1n) is 8.13. The highest BCUT2D eigenvalue weighted by atomic mass is 16.4. The van der Waals surface area contributed by atoms with Crippen molar-refractivity contribution in [2.45, 2.75) is 52.4 Å². The van der Waals surface area contributed by atoms with Crippen molar-refractivity contribution < 1.29 is 14.7 Å². The van der Waals surface area contributed by atoms with Crippen LogP contribution in [0, 0.1) is 17.8 Å². The van der Waals surface area contributed by atoms with E-state index in [0.717, 1.165) is 32.2 Å². The van der Waals surface area contributed by atoms with Gasteiger partial charge in [-0.2, -0.15) is 0 Å². The fraction of sp³-hybridized carbons (Fsp3) is 0.875. The molecule has 0 saturated carbocycles. The van der Waals surface area contributed by atoms with Crippen LogP contribution in [0.2, 0.25) is 0 Å². The van der Waals surface area contributed by atoms with Crippen LogP contribution < -0.4 is 5.73 Å². The fourth-order valence-corrected chi connectivity index (χ4v) is 3.20. The molecule has 3 N–H and O–H groups in total. The van der Waals surface area contributed by atoms with E-state index in [4.69, 9.17) is 10.8 Å². The minimum atomic E-state index is -0.767. The number of carboxylic acid groups (broad SMARTS) is 1. The van der Waals surface area contributed by atoms with Crippen LogP contribution in [0.15, 0.2) is 0 Å². The summed E-state index contributed by atoms with van der Waals surface area (Å²) in [6.45, 7) is 6.40. The van der Waals surface area contributed by atoms with Gasteiger partial charge in [0.25, 0.3) is 0 Å². The Morgan fingerprint density at radius 2 is 2.05 bits per heavy atom. The maximum absolute atomic E-state index is 12.3. The molecule has 1 rings (SSSR count). The number of aliphatic carboxylic acids is 1. The molecule has 21 heavy (non-hydrogen) atoms. The summed E-state index contributed by atoms with van der Waals surface area (Å²) in [5.41, 5.74) is 5.63. The second-order valence-corrected chi connectivity index (χ2v) is 6.57. The molecule has 0 aromatic carbocycles. The first-order valence-corrected chi connectivity index (χ1v) is 8.13. The third-order valence-corrected chi connectivity index (χ3v) is 4.54. The highest BCUT2D eigenvalue weighted by molar-refractivity contribution is 5.76. The highest BCUT2D eigenvalue weighted by Gasteiger charge is 2.25. The van der Waals surface area contributed by atoms with E-state index in [2.05, 4.69) is 13.8 Å². The van der Waals surface area contributed by atoms with Gasteiger partial charge in [0.05, 0.1) is 0 Å². The lowest BCUT2D eigenvalue weighted by Crippen LogP contribution is -2.40. The van der Waals surface area contributed by atoms with Gasteiger partial charge in [-0.1, -0.05) is 13.8 Å². The lowest BCUT2D eigenvalue weighted by atomic mass is 9.88. The molecule has 2 unspecified atom stereocenters. The maximum Gasteiger partial charge on any atom is 0.303 e. The summed E-state index contributed by atoms with van der Waals surface area (Å²) in [6.07, 6.45) is 4.41. The summed E-state index contributed by atoms with van der Waals surface area (Å²) in [7, 11) is 0. The number of nitrogens with two attached hydrogens (primary N) is 1. The van der Waals surface area contributed by atoms with E-state index in [9.17, 15) is 9.59 Å². The standard InChI is InChI=1S/C16H30N2O3/c1-12(2)14(7-8-17)5-6-15(19)18-9-3-4-13(11-18)10-16(20)21/h12-14H,3-11,17H2,1-2H3,(H,20,21). The number of carboxylic acids is 1. The Balaban J connectivity index is 2.41. The molecule has 1 heterocycles. The first kappa shape index (κ1) is 18.0. The van der Waals surface area contributed by atoms with Gasteiger partial charge in [-0.15, -0.1) is 0 Å². The smallest absolute Gasteiger partial charge is 0.303 e. The Kier molecular flexibility index (Phi) is 7.72. The molecule has 122 valence electrons. The molecule has 2 atom stereocenters. The topological polar surface area (TPSA) is 83.6 Å². The Hall–Kier alpha value is -1.10. The van der Waals surface area contributed by atoms with E-state index >= 15 is 0 Å². The predicted octanol–water partition coefficient (Wildman–Crippen LogP) is 2.10. The molecule has 1 amide bonds.